The second-order valence-electron chi connectivity index (χ2n) is 6.92. The number of carbonyl (C=O) groups is 1. The van der Waals surface area contributed by atoms with Gasteiger partial charge in [0.05, 0.1) is 5.60 Å². The number of nitrogens with two attached hydrogens (primary N) is 1. The molecule has 3 rings (SSSR count). The number of ether oxygens (including phenoxy) is 1. The summed E-state index contributed by atoms with van der Waals surface area (Å²) >= 11 is 0. The molecule has 2 unspecified atom stereocenters. The molecule has 3 N–H and O–H groups in total. The zero-order valence-electron chi connectivity index (χ0n) is 12.1. The van der Waals surface area contributed by atoms with Crippen LogP contribution in [0.25, 0.3) is 0 Å². The van der Waals surface area contributed by atoms with E-state index in [1.807, 2.05) is 0 Å². The molecule has 2 heterocycles. The van der Waals surface area contributed by atoms with Crippen molar-refractivity contribution in [3.8, 4) is 0 Å². The van der Waals surface area contributed by atoms with Crippen molar-refractivity contribution in [3.63, 3.8) is 0 Å². The third-order valence-corrected chi connectivity index (χ3v) is 5.50. The number of hydrogen-bond donors (Lipinski definition) is 2. The minimum absolute atomic E-state index is 0.0736. The summed E-state index contributed by atoms with van der Waals surface area (Å²) in [4.78, 5) is 13.6. The highest BCUT2D eigenvalue weighted by atomic mass is 16.5. The second-order valence-corrected chi connectivity index (χ2v) is 6.92. The van der Waals surface area contributed by atoms with Gasteiger partial charge in [-0.05, 0) is 32.1 Å². The average Bonchev–Trinajstić information content (AvgIpc) is 2.84. The third-order valence-electron chi connectivity index (χ3n) is 5.50. The molecule has 2 saturated heterocycles. The first-order valence-corrected chi connectivity index (χ1v) is 7.93. The number of aliphatic carboxylic acids is 1. The molecule has 1 aliphatic carbocycles. The van der Waals surface area contributed by atoms with Crippen LogP contribution in [0.3, 0.4) is 0 Å². The van der Waals surface area contributed by atoms with E-state index in [4.69, 9.17) is 10.5 Å². The van der Waals surface area contributed by atoms with Crippen LogP contribution in [0, 0.1) is 0 Å². The Balaban J connectivity index is 1.64. The van der Waals surface area contributed by atoms with Crippen molar-refractivity contribution in [1.29, 1.82) is 0 Å². The van der Waals surface area contributed by atoms with Crippen LogP contribution in [0.4, 0.5) is 0 Å². The molecule has 1 saturated carbocycles. The zero-order chi connectivity index (χ0) is 14.2. The van der Waals surface area contributed by atoms with Gasteiger partial charge in [0.2, 0.25) is 0 Å². The molecule has 3 aliphatic rings. The van der Waals surface area contributed by atoms with Gasteiger partial charge in [0.15, 0.2) is 0 Å². The molecular weight excluding hydrogens is 256 g/mol. The topological polar surface area (TPSA) is 75.8 Å². The van der Waals surface area contributed by atoms with Gasteiger partial charge in [0.1, 0.15) is 5.54 Å². The van der Waals surface area contributed by atoms with E-state index in [-0.39, 0.29) is 5.60 Å². The maximum atomic E-state index is 11.3. The Morgan fingerprint density at radius 2 is 2.00 bits per heavy atom. The summed E-state index contributed by atoms with van der Waals surface area (Å²) < 4.78 is 6.12. The van der Waals surface area contributed by atoms with Gasteiger partial charge in [0, 0.05) is 25.7 Å². The molecular formula is C15H26N2O3. The summed E-state index contributed by atoms with van der Waals surface area (Å²) in [7, 11) is 0. The first-order valence-electron chi connectivity index (χ1n) is 7.93. The molecule has 1 spiro atoms. The van der Waals surface area contributed by atoms with Crippen LogP contribution in [-0.4, -0.2) is 52.9 Å². The highest BCUT2D eigenvalue weighted by molar-refractivity contribution is 5.79. The quantitative estimate of drug-likeness (QED) is 0.799. The Morgan fingerprint density at radius 1 is 1.25 bits per heavy atom. The van der Waals surface area contributed by atoms with Crippen LogP contribution in [0.1, 0.15) is 51.4 Å². The number of hydrogen-bond acceptors (Lipinski definition) is 4. The van der Waals surface area contributed by atoms with Gasteiger partial charge in [-0.3, -0.25) is 9.69 Å². The van der Waals surface area contributed by atoms with Crippen LogP contribution in [-0.2, 0) is 9.53 Å². The average molecular weight is 282 g/mol. The van der Waals surface area contributed by atoms with Gasteiger partial charge in [-0.2, -0.15) is 0 Å². The molecule has 114 valence electrons. The van der Waals surface area contributed by atoms with Crippen molar-refractivity contribution in [1.82, 2.24) is 4.90 Å². The van der Waals surface area contributed by atoms with Crippen molar-refractivity contribution < 1.29 is 14.6 Å². The SMILES string of the molecule is NC1(C(=O)O)CCN(C2CCOC3(CCCCC3)C2)C1. The van der Waals surface area contributed by atoms with Crippen LogP contribution >= 0.6 is 0 Å². The fourth-order valence-corrected chi connectivity index (χ4v) is 4.21. The molecule has 5 heteroatoms. The Labute approximate surface area is 120 Å². The van der Waals surface area contributed by atoms with Crippen LogP contribution in [0.2, 0.25) is 0 Å². The molecule has 0 aromatic heterocycles. The molecule has 0 aromatic carbocycles. The Hall–Kier alpha value is -0.650. The first kappa shape index (κ1) is 14.3. The minimum Gasteiger partial charge on any atom is -0.480 e. The Morgan fingerprint density at radius 3 is 2.65 bits per heavy atom. The molecule has 20 heavy (non-hydrogen) atoms. The second kappa shape index (κ2) is 5.28. The van der Waals surface area contributed by atoms with Crippen molar-refractivity contribution in [2.75, 3.05) is 19.7 Å². The van der Waals surface area contributed by atoms with Crippen molar-refractivity contribution in [2.45, 2.75) is 68.5 Å². The molecule has 0 aromatic rings. The first-order chi connectivity index (χ1) is 9.53. The van der Waals surface area contributed by atoms with E-state index in [2.05, 4.69) is 4.90 Å². The molecule has 3 fully saturated rings. The molecule has 2 aliphatic heterocycles. The van der Waals surface area contributed by atoms with Crippen molar-refractivity contribution in [2.24, 2.45) is 5.73 Å². The number of nitrogens with zero attached hydrogens (tertiary/aromatic N) is 1. The fourth-order valence-electron chi connectivity index (χ4n) is 4.21. The van der Waals surface area contributed by atoms with Crippen LogP contribution < -0.4 is 5.73 Å². The molecule has 5 nitrogen and oxygen atoms in total. The highest BCUT2D eigenvalue weighted by Gasteiger charge is 2.46. The highest BCUT2D eigenvalue weighted by Crippen LogP contribution is 2.40. The number of rotatable bonds is 2. The van der Waals surface area contributed by atoms with Crippen LogP contribution in [0.15, 0.2) is 0 Å². The lowest BCUT2D eigenvalue weighted by Crippen LogP contribution is -2.53. The van der Waals surface area contributed by atoms with E-state index >= 15 is 0 Å². The lowest BCUT2D eigenvalue weighted by molar-refractivity contribution is -0.143. The van der Waals surface area contributed by atoms with E-state index in [9.17, 15) is 9.90 Å². The molecule has 0 radical (unpaired) electrons. The number of likely N-dealkylation sites (tertiary alicyclic amines) is 1. The van der Waals surface area contributed by atoms with E-state index in [1.54, 1.807) is 0 Å². The van der Waals surface area contributed by atoms with Crippen molar-refractivity contribution in [3.05, 3.63) is 0 Å². The summed E-state index contributed by atoms with van der Waals surface area (Å²) in [6, 6.07) is 0.451. The summed E-state index contributed by atoms with van der Waals surface area (Å²) in [5.74, 6) is -0.862. The Bertz CT molecular complexity index is 376. The normalized spacial score (nSPS) is 38.1. The van der Waals surface area contributed by atoms with E-state index < -0.39 is 11.5 Å². The predicted octanol–water partition coefficient (Wildman–Crippen LogP) is 1.36. The Kier molecular flexibility index (Phi) is 3.77. The van der Waals surface area contributed by atoms with E-state index in [0.29, 0.717) is 19.0 Å². The van der Waals surface area contributed by atoms with Crippen molar-refractivity contribution >= 4 is 5.97 Å². The smallest absolute Gasteiger partial charge is 0.325 e. The number of carboxylic acid groups (broad SMARTS) is 1. The van der Waals surface area contributed by atoms with Gasteiger partial charge in [-0.25, -0.2) is 0 Å². The van der Waals surface area contributed by atoms with Gasteiger partial charge in [-0.1, -0.05) is 19.3 Å². The summed E-state index contributed by atoms with van der Waals surface area (Å²) in [6.45, 7) is 2.11. The molecule has 0 bridgehead atoms. The minimum atomic E-state index is -1.04. The molecule has 2 atom stereocenters. The standard InChI is InChI=1S/C15H26N2O3/c16-15(13(18)19)7-8-17(11-15)12-4-9-20-14(10-12)5-2-1-3-6-14/h12H,1-11,16H2,(H,18,19). The van der Waals surface area contributed by atoms with Gasteiger partial charge >= 0.3 is 5.97 Å². The lowest BCUT2D eigenvalue weighted by Gasteiger charge is -2.46. The van der Waals surface area contributed by atoms with E-state index in [1.165, 1.54) is 32.1 Å². The maximum absolute atomic E-state index is 11.3. The number of carboxylic acids is 1. The zero-order valence-corrected chi connectivity index (χ0v) is 12.1. The third kappa shape index (κ3) is 2.59. The molecule has 0 amide bonds. The van der Waals surface area contributed by atoms with E-state index in [0.717, 1.165) is 26.0 Å². The van der Waals surface area contributed by atoms with Crippen LogP contribution in [0.5, 0.6) is 0 Å². The fraction of sp³-hybridized carbons (Fsp3) is 0.933. The maximum Gasteiger partial charge on any atom is 0.325 e. The predicted molar refractivity (Wildman–Crippen MR) is 75.5 cm³/mol. The largest absolute Gasteiger partial charge is 0.480 e. The van der Waals surface area contributed by atoms with Gasteiger partial charge in [-0.15, -0.1) is 0 Å². The van der Waals surface area contributed by atoms with Gasteiger partial charge in [0.25, 0.3) is 0 Å². The summed E-state index contributed by atoms with van der Waals surface area (Å²) in [5, 5.41) is 9.25. The monoisotopic (exact) mass is 282 g/mol. The lowest BCUT2D eigenvalue weighted by atomic mass is 9.78. The summed E-state index contributed by atoms with van der Waals surface area (Å²) in [6.07, 6.45) is 8.83. The van der Waals surface area contributed by atoms with Gasteiger partial charge < -0.3 is 15.6 Å². The summed E-state index contributed by atoms with van der Waals surface area (Å²) in [5.41, 5.74) is 5.03.